The molecule has 0 saturated carbocycles. The average Bonchev–Trinajstić information content (AvgIpc) is 2.74. The molecule has 0 aliphatic heterocycles. The fourth-order valence-electron chi connectivity index (χ4n) is 2.93. The van der Waals surface area contributed by atoms with E-state index in [4.69, 9.17) is 0 Å². The van der Waals surface area contributed by atoms with Crippen molar-refractivity contribution in [3.63, 3.8) is 0 Å². The van der Waals surface area contributed by atoms with Gasteiger partial charge >= 0.3 is 0 Å². The number of rotatable bonds is 7. The van der Waals surface area contributed by atoms with E-state index in [-0.39, 0.29) is 17.2 Å². The summed E-state index contributed by atoms with van der Waals surface area (Å²) in [4.78, 5) is 24.4. The summed E-state index contributed by atoms with van der Waals surface area (Å²) in [6, 6.07) is 20.5. The van der Waals surface area contributed by atoms with E-state index in [0.717, 1.165) is 17.7 Å². The highest BCUT2D eigenvalue weighted by atomic mass is 32.2. The molecule has 154 valence electrons. The molecule has 0 unspecified atom stereocenters. The molecule has 0 radical (unpaired) electrons. The normalized spacial score (nSPS) is 11.0. The number of hydrogen-bond donors (Lipinski definition) is 1. The highest BCUT2D eigenvalue weighted by molar-refractivity contribution is 7.92. The van der Waals surface area contributed by atoms with E-state index in [1.54, 1.807) is 19.2 Å². The predicted octanol–water partition coefficient (Wildman–Crippen LogP) is 3.67. The van der Waals surface area contributed by atoms with Crippen LogP contribution in [-0.4, -0.2) is 31.2 Å². The summed E-state index contributed by atoms with van der Waals surface area (Å²) in [5.74, 6) is -0.389. The van der Waals surface area contributed by atoms with Crippen LogP contribution in [0.5, 0.6) is 0 Å². The van der Waals surface area contributed by atoms with Gasteiger partial charge in [-0.1, -0.05) is 54.6 Å². The molecule has 0 aromatic heterocycles. The molecule has 0 aliphatic rings. The first kappa shape index (κ1) is 21.0. The largest absolute Gasteiger partial charge is 0.337 e. The zero-order valence-corrected chi connectivity index (χ0v) is 16.9. The number of carbonyl (C=O) groups is 1. The molecular formula is C21H19N3O5S. The zero-order valence-electron chi connectivity index (χ0n) is 16.1. The Kier molecular flexibility index (Phi) is 6.12. The minimum absolute atomic E-state index is 0.0422. The lowest BCUT2D eigenvalue weighted by Crippen LogP contribution is -2.27. The second-order valence-electron chi connectivity index (χ2n) is 6.52. The molecule has 30 heavy (non-hydrogen) atoms. The van der Waals surface area contributed by atoms with Crippen LogP contribution in [-0.2, 0) is 16.6 Å². The second-order valence-corrected chi connectivity index (χ2v) is 8.17. The van der Waals surface area contributed by atoms with Crippen molar-refractivity contribution in [2.24, 2.45) is 0 Å². The number of nitrogens with one attached hydrogen (secondary N) is 1. The molecule has 3 aromatic carbocycles. The van der Waals surface area contributed by atoms with Crippen LogP contribution in [0.25, 0.3) is 0 Å². The van der Waals surface area contributed by atoms with Crippen molar-refractivity contribution in [2.75, 3.05) is 11.8 Å². The first-order chi connectivity index (χ1) is 14.3. The van der Waals surface area contributed by atoms with Crippen molar-refractivity contribution in [2.45, 2.75) is 11.4 Å². The van der Waals surface area contributed by atoms with Crippen LogP contribution in [0.4, 0.5) is 11.4 Å². The third-order valence-electron chi connectivity index (χ3n) is 4.36. The van der Waals surface area contributed by atoms with Gasteiger partial charge in [-0.15, -0.1) is 0 Å². The summed E-state index contributed by atoms with van der Waals surface area (Å²) in [7, 11) is -2.68. The highest BCUT2D eigenvalue weighted by Gasteiger charge is 2.27. The smallest absolute Gasteiger partial charge is 0.289 e. The van der Waals surface area contributed by atoms with Gasteiger partial charge in [0.25, 0.3) is 21.6 Å². The molecule has 0 fully saturated rings. The van der Waals surface area contributed by atoms with E-state index in [2.05, 4.69) is 4.72 Å². The molecule has 0 atom stereocenters. The minimum atomic E-state index is -4.29. The lowest BCUT2D eigenvalue weighted by molar-refractivity contribution is -0.387. The van der Waals surface area contributed by atoms with Crippen molar-refractivity contribution < 1.29 is 18.1 Å². The molecular weight excluding hydrogens is 406 g/mol. The summed E-state index contributed by atoms with van der Waals surface area (Å²) in [5.41, 5.74) is 0.556. The number of para-hydroxylation sites is 2. The Morgan fingerprint density at radius 2 is 1.57 bits per heavy atom. The number of amides is 1. The Balaban J connectivity index is 1.90. The molecule has 1 N–H and O–H groups in total. The van der Waals surface area contributed by atoms with Crippen molar-refractivity contribution in [3.8, 4) is 0 Å². The molecule has 0 spiro atoms. The van der Waals surface area contributed by atoms with Crippen LogP contribution in [0, 0.1) is 10.1 Å². The van der Waals surface area contributed by atoms with Gasteiger partial charge in [0.05, 0.1) is 16.2 Å². The maximum atomic E-state index is 13.0. The summed E-state index contributed by atoms with van der Waals surface area (Å²) < 4.78 is 28.0. The van der Waals surface area contributed by atoms with Gasteiger partial charge in [-0.25, -0.2) is 8.42 Å². The number of anilines is 1. The van der Waals surface area contributed by atoms with Crippen LogP contribution in [0.15, 0.2) is 83.8 Å². The SMILES string of the molecule is CN(Cc1ccccc1)C(=O)c1ccccc1NS(=O)(=O)c1ccccc1[N+](=O)[O-]. The number of benzene rings is 3. The fraction of sp³-hybridized carbons (Fsp3) is 0.0952. The summed E-state index contributed by atoms with van der Waals surface area (Å²) in [6.45, 7) is 0.338. The number of sulfonamides is 1. The highest BCUT2D eigenvalue weighted by Crippen LogP contribution is 2.27. The summed E-state index contributed by atoms with van der Waals surface area (Å²) >= 11 is 0. The summed E-state index contributed by atoms with van der Waals surface area (Å²) in [6.07, 6.45) is 0. The van der Waals surface area contributed by atoms with E-state index in [1.165, 1.54) is 29.2 Å². The number of nitro benzene ring substituents is 1. The second kappa shape index (κ2) is 8.75. The molecule has 0 aliphatic carbocycles. The number of nitro groups is 1. The fourth-order valence-corrected chi connectivity index (χ4v) is 4.18. The van der Waals surface area contributed by atoms with Crippen LogP contribution in [0.2, 0.25) is 0 Å². The van der Waals surface area contributed by atoms with Gasteiger partial charge < -0.3 is 4.90 Å². The van der Waals surface area contributed by atoms with Crippen molar-refractivity contribution in [1.29, 1.82) is 0 Å². The topological polar surface area (TPSA) is 110 Å². The predicted molar refractivity (Wildman–Crippen MR) is 113 cm³/mol. The lowest BCUT2D eigenvalue weighted by atomic mass is 10.1. The van der Waals surface area contributed by atoms with Crippen molar-refractivity contribution >= 4 is 27.3 Å². The monoisotopic (exact) mass is 425 g/mol. The van der Waals surface area contributed by atoms with Crippen molar-refractivity contribution in [3.05, 3.63) is 100 Å². The van der Waals surface area contributed by atoms with Gasteiger partial charge in [0, 0.05) is 19.7 Å². The van der Waals surface area contributed by atoms with E-state index >= 15 is 0 Å². The van der Waals surface area contributed by atoms with Gasteiger partial charge in [-0.3, -0.25) is 19.6 Å². The Bertz CT molecular complexity index is 1180. The number of carbonyl (C=O) groups excluding carboxylic acids is 1. The molecule has 9 heteroatoms. The summed E-state index contributed by atoms with van der Waals surface area (Å²) in [5, 5.41) is 11.2. The zero-order chi connectivity index (χ0) is 21.7. The number of hydrogen-bond acceptors (Lipinski definition) is 5. The molecule has 3 rings (SSSR count). The molecule has 3 aromatic rings. The molecule has 8 nitrogen and oxygen atoms in total. The molecule has 0 heterocycles. The van der Waals surface area contributed by atoms with E-state index < -0.39 is 25.5 Å². The first-order valence-corrected chi connectivity index (χ1v) is 10.4. The standard InChI is InChI=1S/C21H19N3O5S/c1-23(15-16-9-3-2-4-10-16)21(25)17-11-5-6-12-18(17)22-30(28,29)20-14-8-7-13-19(20)24(26)27/h2-14,22H,15H2,1H3. The van der Waals surface area contributed by atoms with Gasteiger partial charge in [-0.2, -0.15) is 0 Å². The average molecular weight is 425 g/mol. The van der Waals surface area contributed by atoms with Gasteiger partial charge in [0.1, 0.15) is 0 Å². The third kappa shape index (κ3) is 4.64. The van der Waals surface area contributed by atoms with Crippen LogP contribution in [0.1, 0.15) is 15.9 Å². The van der Waals surface area contributed by atoms with Crippen LogP contribution in [0.3, 0.4) is 0 Å². The Morgan fingerprint density at radius 1 is 0.967 bits per heavy atom. The Morgan fingerprint density at radius 3 is 2.27 bits per heavy atom. The van der Waals surface area contributed by atoms with Crippen LogP contribution < -0.4 is 4.72 Å². The third-order valence-corrected chi connectivity index (χ3v) is 5.78. The van der Waals surface area contributed by atoms with Gasteiger partial charge in [0.15, 0.2) is 4.90 Å². The quantitative estimate of drug-likeness (QED) is 0.459. The van der Waals surface area contributed by atoms with E-state index in [0.29, 0.717) is 6.54 Å². The molecule has 0 bridgehead atoms. The van der Waals surface area contributed by atoms with E-state index in [9.17, 15) is 23.3 Å². The lowest BCUT2D eigenvalue weighted by Gasteiger charge is -2.19. The molecule has 1 amide bonds. The van der Waals surface area contributed by atoms with Gasteiger partial charge in [0.2, 0.25) is 0 Å². The van der Waals surface area contributed by atoms with Gasteiger partial charge in [-0.05, 0) is 23.8 Å². The number of nitrogens with zero attached hydrogens (tertiary/aromatic N) is 2. The molecule has 0 saturated heterocycles. The van der Waals surface area contributed by atoms with Crippen molar-refractivity contribution in [1.82, 2.24) is 4.90 Å². The van der Waals surface area contributed by atoms with Crippen LogP contribution >= 0.6 is 0 Å². The van der Waals surface area contributed by atoms with E-state index in [1.807, 2.05) is 30.3 Å². The Hall–Kier alpha value is -3.72. The first-order valence-electron chi connectivity index (χ1n) is 8.94. The maximum absolute atomic E-state index is 13.0. The minimum Gasteiger partial charge on any atom is -0.337 e. The Labute approximate surface area is 174 Å². The maximum Gasteiger partial charge on any atom is 0.289 e.